The first-order chi connectivity index (χ1) is 6.16. The van der Waals surface area contributed by atoms with E-state index < -0.39 is 0 Å². The van der Waals surface area contributed by atoms with Gasteiger partial charge < -0.3 is 0 Å². The summed E-state index contributed by atoms with van der Waals surface area (Å²) in [7, 11) is 0. The van der Waals surface area contributed by atoms with Crippen LogP contribution in [0.2, 0.25) is 5.02 Å². The van der Waals surface area contributed by atoms with Crippen molar-refractivity contribution in [2.24, 2.45) is 0 Å². The second-order valence-corrected chi connectivity index (χ2v) is 4.37. The summed E-state index contributed by atoms with van der Waals surface area (Å²) in [5.41, 5.74) is 1.01. The summed E-state index contributed by atoms with van der Waals surface area (Å²) < 4.78 is 1.03. The van der Waals surface area contributed by atoms with Crippen LogP contribution >= 0.6 is 22.9 Å². The number of hydrogen-bond acceptors (Lipinski definition) is 2. The van der Waals surface area contributed by atoms with Crippen molar-refractivity contribution in [1.82, 2.24) is 0 Å². The van der Waals surface area contributed by atoms with Crippen LogP contribution in [-0.4, -0.2) is 0 Å². The zero-order chi connectivity index (χ0) is 9.42. The van der Waals surface area contributed by atoms with E-state index in [0.29, 0.717) is 5.02 Å². The van der Waals surface area contributed by atoms with Crippen molar-refractivity contribution in [3.8, 4) is 0 Å². The molecule has 0 atom stereocenters. The van der Waals surface area contributed by atoms with Gasteiger partial charge in [-0.25, -0.2) is 0 Å². The van der Waals surface area contributed by atoms with Gasteiger partial charge in [-0.3, -0.25) is 4.79 Å². The van der Waals surface area contributed by atoms with E-state index in [1.165, 1.54) is 11.3 Å². The fraction of sp³-hybridized carbons (Fsp3) is 0.100. The van der Waals surface area contributed by atoms with Gasteiger partial charge in [-0.15, -0.1) is 0 Å². The highest BCUT2D eigenvalue weighted by Gasteiger charge is 2.00. The molecule has 13 heavy (non-hydrogen) atoms. The second-order valence-electron chi connectivity index (χ2n) is 2.89. The van der Waals surface area contributed by atoms with Crippen LogP contribution in [-0.2, 0) is 0 Å². The van der Waals surface area contributed by atoms with Gasteiger partial charge in [0.1, 0.15) is 0 Å². The van der Waals surface area contributed by atoms with Crippen molar-refractivity contribution >= 4 is 33.0 Å². The highest BCUT2D eigenvalue weighted by atomic mass is 35.5. The smallest absolute Gasteiger partial charge is 0.233 e. The van der Waals surface area contributed by atoms with Crippen molar-refractivity contribution in [2.75, 3.05) is 0 Å². The molecule has 1 aromatic carbocycles. The van der Waals surface area contributed by atoms with Crippen LogP contribution in [0, 0.1) is 6.92 Å². The summed E-state index contributed by atoms with van der Waals surface area (Å²) in [6.07, 6.45) is 0. The first-order valence-corrected chi connectivity index (χ1v) is 5.06. The first-order valence-electron chi connectivity index (χ1n) is 3.87. The van der Waals surface area contributed by atoms with E-state index in [0.717, 1.165) is 15.6 Å². The topological polar surface area (TPSA) is 17.1 Å². The molecule has 0 aliphatic heterocycles. The molecule has 0 N–H and O–H groups in total. The molecular formula is C10H7ClOS. The Kier molecular flexibility index (Phi) is 2.10. The molecule has 3 heteroatoms. The quantitative estimate of drug-likeness (QED) is 0.653. The maximum Gasteiger partial charge on any atom is 0.233 e. The second kappa shape index (κ2) is 3.13. The van der Waals surface area contributed by atoms with E-state index >= 15 is 0 Å². The maximum absolute atomic E-state index is 11.2. The van der Waals surface area contributed by atoms with Crippen LogP contribution in [0.1, 0.15) is 5.56 Å². The lowest BCUT2D eigenvalue weighted by atomic mass is 10.2. The normalized spacial score (nSPS) is 10.6. The molecule has 0 aliphatic rings. The van der Waals surface area contributed by atoms with E-state index in [-0.39, 0.29) is 4.74 Å². The Labute approximate surface area is 84.6 Å². The summed E-state index contributed by atoms with van der Waals surface area (Å²) in [6, 6.07) is 7.27. The molecule has 0 radical (unpaired) electrons. The van der Waals surface area contributed by atoms with E-state index in [1.807, 2.05) is 25.1 Å². The molecule has 0 saturated heterocycles. The third-order valence-corrected chi connectivity index (χ3v) is 3.03. The van der Waals surface area contributed by atoms with Gasteiger partial charge >= 0.3 is 0 Å². The first kappa shape index (κ1) is 8.73. The molecule has 0 amide bonds. The SMILES string of the molecule is Cc1cc(=O)sc2cc(Cl)ccc12. The minimum Gasteiger partial charge on any atom is -0.278 e. The fourth-order valence-electron chi connectivity index (χ4n) is 1.30. The van der Waals surface area contributed by atoms with Gasteiger partial charge in [0.05, 0.1) is 0 Å². The Hall–Kier alpha value is -0.860. The van der Waals surface area contributed by atoms with Crippen molar-refractivity contribution in [2.45, 2.75) is 6.92 Å². The van der Waals surface area contributed by atoms with Gasteiger partial charge in [0.25, 0.3) is 0 Å². The standard InChI is InChI=1S/C10H7ClOS/c1-6-4-10(12)13-9-5-7(11)2-3-8(6)9/h2-5H,1H3. The highest BCUT2D eigenvalue weighted by molar-refractivity contribution is 7.16. The molecule has 1 heterocycles. The van der Waals surface area contributed by atoms with E-state index in [4.69, 9.17) is 11.6 Å². The Morgan fingerprint density at radius 3 is 2.85 bits per heavy atom. The zero-order valence-corrected chi connectivity index (χ0v) is 8.58. The minimum absolute atomic E-state index is 0.0762. The van der Waals surface area contributed by atoms with Gasteiger partial charge in [0, 0.05) is 9.72 Å². The molecule has 0 fully saturated rings. The number of benzene rings is 1. The number of halogens is 1. The molecular weight excluding hydrogens is 204 g/mol. The Morgan fingerprint density at radius 2 is 2.08 bits per heavy atom. The molecule has 2 aromatic rings. The van der Waals surface area contributed by atoms with Crippen LogP contribution in [0.25, 0.3) is 10.1 Å². The molecule has 0 spiro atoms. The van der Waals surface area contributed by atoms with Crippen molar-refractivity contribution in [1.29, 1.82) is 0 Å². The average molecular weight is 211 g/mol. The summed E-state index contributed by atoms with van der Waals surface area (Å²) in [5, 5.41) is 1.78. The molecule has 0 saturated carbocycles. The molecule has 0 bridgehead atoms. The largest absolute Gasteiger partial charge is 0.278 e. The van der Waals surface area contributed by atoms with Gasteiger partial charge in [-0.05, 0) is 36.1 Å². The minimum atomic E-state index is 0.0762. The van der Waals surface area contributed by atoms with Crippen molar-refractivity contribution in [3.63, 3.8) is 0 Å². The lowest BCUT2D eigenvalue weighted by Crippen LogP contribution is -1.92. The van der Waals surface area contributed by atoms with Crippen molar-refractivity contribution in [3.05, 3.63) is 44.4 Å². The van der Waals surface area contributed by atoms with Gasteiger partial charge in [0.2, 0.25) is 4.74 Å². The average Bonchev–Trinajstić information content (AvgIpc) is 2.02. The van der Waals surface area contributed by atoms with Crippen LogP contribution in [0.5, 0.6) is 0 Å². The van der Waals surface area contributed by atoms with Gasteiger partial charge in [-0.2, -0.15) is 0 Å². The fourth-order valence-corrected chi connectivity index (χ4v) is 2.51. The number of rotatable bonds is 0. The van der Waals surface area contributed by atoms with E-state index in [9.17, 15) is 4.79 Å². The molecule has 1 aromatic heterocycles. The predicted molar refractivity (Wildman–Crippen MR) is 57.8 cm³/mol. The molecule has 0 aliphatic carbocycles. The molecule has 0 unspecified atom stereocenters. The van der Waals surface area contributed by atoms with Crippen molar-refractivity contribution < 1.29 is 0 Å². The van der Waals surface area contributed by atoms with Gasteiger partial charge in [-0.1, -0.05) is 29.0 Å². The monoisotopic (exact) mass is 210 g/mol. The third kappa shape index (κ3) is 1.60. The maximum atomic E-state index is 11.2. The Morgan fingerprint density at radius 1 is 1.31 bits per heavy atom. The Bertz CT molecular complexity index is 516. The summed E-state index contributed by atoms with van der Waals surface area (Å²) in [6.45, 7) is 1.93. The van der Waals surface area contributed by atoms with Gasteiger partial charge in [0.15, 0.2) is 0 Å². The van der Waals surface area contributed by atoms with Crippen LogP contribution in [0.3, 0.4) is 0 Å². The number of aryl methyl sites for hydroxylation is 1. The summed E-state index contributed by atoms with van der Waals surface area (Å²) in [4.78, 5) is 11.2. The number of hydrogen-bond donors (Lipinski definition) is 0. The van der Waals surface area contributed by atoms with Crippen LogP contribution in [0.15, 0.2) is 29.1 Å². The van der Waals surface area contributed by atoms with Crippen LogP contribution < -0.4 is 4.74 Å². The zero-order valence-electron chi connectivity index (χ0n) is 7.00. The summed E-state index contributed by atoms with van der Waals surface area (Å²) >= 11 is 7.06. The van der Waals surface area contributed by atoms with Crippen LogP contribution in [0.4, 0.5) is 0 Å². The highest BCUT2D eigenvalue weighted by Crippen LogP contribution is 2.23. The lowest BCUT2D eigenvalue weighted by Gasteiger charge is -1.99. The lowest BCUT2D eigenvalue weighted by molar-refractivity contribution is 1.53. The number of fused-ring (bicyclic) bond motifs is 1. The van der Waals surface area contributed by atoms with E-state index in [2.05, 4.69) is 0 Å². The molecule has 66 valence electrons. The predicted octanol–water partition coefficient (Wildman–Crippen LogP) is 3.22. The molecule has 2 rings (SSSR count). The Balaban J connectivity index is 2.94. The summed E-state index contributed by atoms with van der Waals surface area (Å²) in [5.74, 6) is 0. The third-order valence-electron chi connectivity index (χ3n) is 1.91. The van der Waals surface area contributed by atoms with E-state index in [1.54, 1.807) is 6.07 Å². The molecule has 1 nitrogen and oxygen atoms in total.